The minimum atomic E-state index is -3.06. The fourth-order valence-corrected chi connectivity index (χ4v) is 2.49. The van der Waals surface area contributed by atoms with Crippen molar-refractivity contribution < 1.29 is 23.0 Å². The Labute approximate surface area is 162 Å². The summed E-state index contributed by atoms with van der Waals surface area (Å²) in [4.78, 5) is 36.9. The maximum absolute atomic E-state index is 12.7. The van der Waals surface area contributed by atoms with Crippen LogP contribution in [-0.4, -0.2) is 28.6 Å². The first-order valence-corrected chi connectivity index (χ1v) is 7.97. The lowest BCUT2D eigenvalue weighted by atomic mass is 10.0. The molecule has 1 aromatic carbocycles. The van der Waals surface area contributed by atoms with Crippen molar-refractivity contribution in [1.29, 1.82) is 5.26 Å². The second-order valence-corrected chi connectivity index (χ2v) is 5.75. The van der Waals surface area contributed by atoms with E-state index in [2.05, 4.69) is 4.74 Å². The molecule has 0 saturated heterocycles. The number of carbonyl (C=O) groups excluding carboxylic acids is 1. The Kier molecular flexibility index (Phi) is 6.18. The molecule has 2 aromatic rings. The molecule has 0 unspecified atom stereocenters. The molecule has 0 radical (unpaired) electrons. The fourth-order valence-electron chi connectivity index (χ4n) is 2.49. The number of carbonyl (C=O) groups is 1. The van der Waals surface area contributed by atoms with Gasteiger partial charge in [0, 0.05) is 14.1 Å². The number of alkyl halides is 2. The topological polar surface area (TPSA) is 129 Å². The highest BCUT2D eigenvalue weighted by Crippen LogP contribution is 2.30. The SMILES string of the molecule is COc1cc(/C=C(\C#N)C(=O)c2c(N)n(C)c(=O)n(C)c2=O)ccc1OC(F)F. The Morgan fingerprint density at radius 3 is 2.45 bits per heavy atom. The molecule has 9 nitrogen and oxygen atoms in total. The summed E-state index contributed by atoms with van der Waals surface area (Å²) in [6.07, 6.45) is 1.13. The van der Waals surface area contributed by atoms with Crippen LogP contribution in [-0.2, 0) is 14.1 Å². The van der Waals surface area contributed by atoms with Gasteiger partial charge in [-0.1, -0.05) is 6.07 Å². The van der Waals surface area contributed by atoms with Gasteiger partial charge in [0.05, 0.1) is 7.11 Å². The van der Waals surface area contributed by atoms with Crippen molar-refractivity contribution >= 4 is 17.7 Å². The third-order valence-corrected chi connectivity index (χ3v) is 4.02. The predicted molar refractivity (Wildman–Crippen MR) is 98.9 cm³/mol. The van der Waals surface area contributed by atoms with E-state index in [0.717, 1.165) is 10.6 Å². The smallest absolute Gasteiger partial charge is 0.387 e. The number of nitriles is 1. The molecule has 0 spiro atoms. The molecule has 0 fully saturated rings. The maximum atomic E-state index is 12.7. The number of rotatable bonds is 6. The molecule has 11 heteroatoms. The number of hydrogen-bond donors (Lipinski definition) is 1. The lowest BCUT2D eigenvalue weighted by Gasteiger charge is -2.11. The molecule has 1 heterocycles. The van der Waals surface area contributed by atoms with Crippen molar-refractivity contribution in [2.24, 2.45) is 14.1 Å². The quantitative estimate of drug-likeness (QED) is 0.431. The Bertz CT molecular complexity index is 1160. The number of ether oxygens (including phenoxy) is 2. The second kappa shape index (κ2) is 8.39. The molecule has 2 rings (SSSR count). The van der Waals surface area contributed by atoms with Gasteiger partial charge in [0.25, 0.3) is 5.56 Å². The number of hydrogen-bond acceptors (Lipinski definition) is 7. The van der Waals surface area contributed by atoms with Crippen molar-refractivity contribution in [3.63, 3.8) is 0 Å². The third kappa shape index (κ3) is 4.16. The molecule has 0 aliphatic carbocycles. The van der Waals surface area contributed by atoms with Gasteiger partial charge in [0.1, 0.15) is 23.0 Å². The highest BCUT2D eigenvalue weighted by Gasteiger charge is 2.23. The first-order valence-electron chi connectivity index (χ1n) is 7.97. The van der Waals surface area contributed by atoms with Crippen LogP contribution in [0.15, 0.2) is 33.4 Å². The number of ketones is 1. The summed E-state index contributed by atoms with van der Waals surface area (Å²) in [5.74, 6) is -1.67. The van der Waals surface area contributed by atoms with Crippen LogP contribution in [0.2, 0.25) is 0 Å². The van der Waals surface area contributed by atoms with Crippen LogP contribution in [0.3, 0.4) is 0 Å². The Hall–Kier alpha value is -3.94. The van der Waals surface area contributed by atoms with Gasteiger partial charge in [-0.05, 0) is 23.8 Å². The van der Waals surface area contributed by atoms with E-state index < -0.39 is 34.8 Å². The molecule has 0 amide bonds. The number of benzene rings is 1. The number of anilines is 1. The lowest BCUT2D eigenvalue weighted by molar-refractivity contribution is -0.0512. The molecule has 29 heavy (non-hydrogen) atoms. The fraction of sp³-hybridized carbons (Fsp3) is 0.222. The number of allylic oxidation sites excluding steroid dienone is 1. The molecular formula is C18H16F2N4O5. The van der Waals surface area contributed by atoms with Gasteiger partial charge in [-0.2, -0.15) is 14.0 Å². The normalized spacial score (nSPS) is 11.3. The molecule has 0 aliphatic rings. The third-order valence-electron chi connectivity index (χ3n) is 4.02. The van der Waals surface area contributed by atoms with Gasteiger partial charge in [0.15, 0.2) is 11.5 Å². The predicted octanol–water partition coefficient (Wildman–Crippen LogP) is 1.07. The van der Waals surface area contributed by atoms with Crippen molar-refractivity contribution in [3.05, 3.63) is 55.7 Å². The molecular weight excluding hydrogens is 390 g/mol. The number of aromatic nitrogens is 2. The molecule has 0 bridgehead atoms. The van der Waals surface area contributed by atoms with E-state index in [1.165, 1.54) is 39.4 Å². The number of nitrogens with two attached hydrogens (primary N) is 1. The molecule has 0 saturated carbocycles. The summed E-state index contributed by atoms with van der Waals surface area (Å²) < 4.78 is 35.7. The molecule has 0 atom stereocenters. The molecule has 1 aromatic heterocycles. The van der Waals surface area contributed by atoms with Crippen LogP contribution in [0.1, 0.15) is 15.9 Å². The van der Waals surface area contributed by atoms with E-state index in [1.54, 1.807) is 6.07 Å². The van der Waals surface area contributed by atoms with Crippen LogP contribution >= 0.6 is 0 Å². The van der Waals surface area contributed by atoms with Crippen LogP contribution < -0.4 is 26.5 Å². The van der Waals surface area contributed by atoms with Crippen molar-refractivity contribution in [2.45, 2.75) is 6.61 Å². The van der Waals surface area contributed by atoms with E-state index in [1.807, 2.05) is 0 Å². The van der Waals surface area contributed by atoms with Crippen molar-refractivity contribution in [1.82, 2.24) is 9.13 Å². The Balaban J connectivity index is 2.57. The summed E-state index contributed by atoms with van der Waals surface area (Å²) in [7, 11) is 3.67. The highest BCUT2D eigenvalue weighted by molar-refractivity contribution is 6.16. The zero-order chi connectivity index (χ0) is 21.9. The minimum absolute atomic E-state index is 0.0543. The summed E-state index contributed by atoms with van der Waals surface area (Å²) in [5.41, 5.74) is 3.30. The Morgan fingerprint density at radius 2 is 1.90 bits per heavy atom. The largest absolute Gasteiger partial charge is 0.493 e. The standard InChI is InChI=1S/C18H16F2N4O5/c1-23-15(22)13(16(26)24(2)18(23)27)14(25)10(8-21)6-9-4-5-11(29-17(19)20)12(7-9)28-3/h4-7,17H,22H2,1-3H3/b10-6+. The zero-order valence-electron chi connectivity index (χ0n) is 15.6. The molecule has 2 N–H and O–H groups in total. The Morgan fingerprint density at radius 1 is 1.24 bits per heavy atom. The van der Waals surface area contributed by atoms with Crippen LogP contribution in [0.25, 0.3) is 6.08 Å². The summed E-state index contributed by atoms with van der Waals surface area (Å²) in [6.45, 7) is -3.06. The van der Waals surface area contributed by atoms with Gasteiger partial charge in [-0.15, -0.1) is 0 Å². The number of methoxy groups -OCH3 is 1. The average Bonchev–Trinajstić information content (AvgIpc) is 2.69. The summed E-state index contributed by atoms with van der Waals surface area (Å²) in [6, 6.07) is 5.43. The first kappa shape index (κ1) is 21.4. The average molecular weight is 406 g/mol. The van der Waals surface area contributed by atoms with Gasteiger partial charge >= 0.3 is 12.3 Å². The van der Waals surface area contributed by atoms with E-state index in [-0.39, 0.29) is 22.9 Å². The van der Waals surface area contributed by atoms with E-state index in [0.29, 0.717) is 4.57 Å². The zero-order valence-corrected chi connectivity index (χ0v) is 15.6. The van der Waals surface area contributed by atoms with Crippen LogP contribution in [0.4, 0.5) is 14.6 Å². The van der Waals surface area contributed by atoms with E-state index in [4.69, 9.17) is 10.5 Å². The monoisotopic (exact) mass is 406 g/mol. The van der Waals surface area contributed by atoms with Gasteiger partial charge in [0.2, 0.25) is 5.78 Å². The number of halogens is 2. The van der Waals surface area contributed by atoms with Crippen molar-refractivity contribution in [2.75, 3.05) is 12.8 Å². The van der Waals surface area contributed by atoms with Gasteiger partial charge in [-0.3, -0.25) is 18.7 Å². The summed E-state index contributed by atoms with van der Waals surface area (Å²) in [5, 5.41) is 9.38. The molecule has 0 aliphatic heterocycles. The lowest BCUT2D eigenvalue weighted by Crippen LogP contribution is -2.41. The first-order chi connectivity index (χ1) is 13.6. The van der Waals surface area contributed by atoms with Crippen LogP contribution in [0.5, 0.6) is 11.5 Å². The van der Waals surface area contributed by atoms with E-state index in [9.17, 15) is 28.4 Å². The summed E-state index contributed by atoms with van der Waals surface area (Å²) >= 11 is 0. The second-order valence-electron chi connectivity index (χ2n) is 5.75. The number of nitrogen functional groups attached to an aromatic ring is 1. The highest BCUT2D eigenvalue weighted by atomic mass is 19.3. The van der Waals surface area contributed by atoms with Crippen LogP contribution in [0, 0.1) is 11.3 Å². The van der Waals surface area contributed by atoms with E-state index >= 15 is 0 Å². The molecule has 152 valence electrons. The number of Topliss-reactive ketones (excluding diaryl/α,β-unsaturated/α-hetero) is 1. The minimum Gasteiger partial charge on any atom is -0.493 e. The number of nitrogens with zero attached hydrogens (tertiary/aromatic N) is 3. The van der Waals surface area contributed by atoms with Gasteiger partial charge < -0.3 is 15.2 Å². The van der Waals surface area contributed by atoms with Gasteiger partial charge in [-0.25, -0.2) is 4.79 Å². The van der Waals surface area contributed by atoms with Crippen molar-refractivity contribution in [3.8, 4) is 17.6 Å². The maximum Gasteiger partial charge on any atom is 0.387 e.